The van der Waals surface area contributed by atoms with E-state index < -0.39 is 18.3 Å². The molecule has 1 N–H and O–H groups in total. The molecule has 126 valence electrons. The number of aromatic nitrogens is 1. The van der Waals surface area contributed by atoms with Crippen LogP contribution in [-0.4, -0.2) is 42.9 Å². The lowest BCUT2D eigenvalue weighted by Gasteiger charge is -2.32. The van der Waals surface area contributed by atoms with Gasteiger partial charge in [-0.25, -0.2) is 0 Å². The van der Waals surface area contributed by atoms with Gasteiger partial charge in [0.25, 0.3) is 0 Å². The molecule has 2 rings (SSSR count). The molecule has 1 fully saturated rings. The molecule has 0 spiro atoms. The molecule has 1 aliphatic heterocycles. The van der Waals surface area contributed by atoms with Crippen molar-refractivity contribution in [2.75, 3.05) is 19.0 Å². The maximum atomic E-state index is 11.9. The van der Waals surface area contributed by atoms with Gasteiger partial charge in [0.1, 0.15) is 0 Å². The molecule has 0 unspecified atom stereocenters. The van der Waals surface area contributed by atoms with Crippen LogP contribution in [0.4, 0.5) is 5.69 Å². The SMILES string of the molecule is COCCCC(=O)Nc1ccnc(B2OC(C)(C)C(C)(C)O2)c1. The Bertz CT molecular complexity index is 547. The van der Waals surface area contributed by atoms with Gasteiger partial charge in [0, 0.05) is 32.0 Å². The van der Waals surface area contributed by atoms with Crippen molar-refractivity contribution in [3.63, 3.8) is 0 Å². The van der Waals surface area contributed by atoms with Gasteiger partial charge in [0.15, 0.2) is 0 Å². The molecule has 0 aliphatic carbocycles. The highest BCUT2D eigenvalue weighted by Crippen LogP contribution is 2.36. The summed E-state index contributed by atoms with van der Waals surface area (Å²) in [6.07, 6.45) is 2.75. The zero-order valence-corrected chi connectivity index (χ0v) is 14.5. The monoisotopic (exact) mass is 320 g/mol. The summed E-state index contributed by atoms with van der Waals surface area (Å²) >= 11 is 0. The number of pyridine rings is 1. The molecule has 0 atom stereocenters. The molecule has 6 nitrogen and oxygen atoms in total. The number of methoxy groups -OCH3 is 1. The maximum Gasteiger partial charge on any atom is 0.514 e. The van der Waals surface area contributed by atoms with Crippen LogP contribution in [0.3, 0.4) is 0 Å². The van der Waals surface area contributed by atoms with Crippen LogP contribution in [0.15, 0.2) is 18.3 Å². The van der Waals surface area contributed by atoms with E-state index in [0.717, 1.165) is 0 Å². The number of carbonyl (C=O) groups is 1. The van der Waals surface area contributed by atoms with Gasteiger partial charge in [0.2, 0.25) is 5.91 Å². The number of rotatable bonds is 6. The van der Waals surface area contributed by atoms with E-state index in [1.165, 1.54) is 0 Å². The second-order valence-corrected chi connectivity index (χ2v) is 6.70. The minimum Gasteiger partial charge on any atom is -0.398 e. The fourth-order valence-electron chi connectivity index (χ4n) is 2.22. The molecular weight excluding hydrogens is 295 g/mol. The van der Waals surface area contributed by atoms with Gasteiger partial charge in [0.05, 0.1) is 16.8 Å². The molecule has 0 radical (unpaired) electrons. The smallest absolute Gasteiger partial charge is 0.398 e. The van der Waals surface area contributed by atoms with E-state index in [-0.39, 0.29) is 5.91 Å². The van der Waals surface area contributed by atoms with E-state index in [1.807, 2.05) is 27.7 Å². The average molecular weight is 320 g/mol. The molecule has 0 aromatic carbocycles. The number of ether oxygens (including phenoxy) is 1. The number of hydrogen-bond donors (Lipinski definition) is 1. The molecule has 23 heavy (non-hydrogen) atoms. The molecule has 2 heterocycles. The number of nitrogens with zero attached hydrogens (tertiary/aromatic N) is 1. The number of hydrogen-bond acceptors (Lipinski definition) is 5. The van der Waals surface area contributed by atoms with Crippen LogP contribution in [0.2, 0.25) is 0 Å². The van der Waals surface area contributed by atoms with E-state index in [9.17, 15) is 4.79 Å². The maximum absolute atomic E-state index is 11.9. The summed E-state index contributed by atoms with van der Waals surface area (Å²) in [5.74, 6) is -0.0480. The van der Waals surface area contributed by atoms with Crippen molar-refractivity contribution >= 4 is 24.3 Å². The summed E-state index contributed by atoms with van der Waals surface area (Å²) in [6, 6.07) is 3.54. The Balaban J connectivity index is 2.02. The second kappa shape index (κ2) is 6.99. The minimum absolute atomic E-state index is 0.0480. The van der Waals surface area contributed by atoms with Crippen LogP contribution in [0.5, 0.6) is 0 Å². The van der Waals surface area contributed by atoms with Crippen molar-refractivity contribution in [1.82, 2.24) is 4.98 Å². The molecule has 1 aromatic heterocycles. The number of amides is 1. The second-order valence-electron chi connectivity index (χ2n) is 6.70. The van der Waals surface area contributed by atoms with Crippen molar-refractivity contribution in [2.45, 2.75) is 51.7 Å². The molecule has 1 aromatic rings. The van der Waals surface area contributed by atoms with Crippen LogP contribution < -0.4 is 10.9 Å². The van der Waals surface area contributed by atoms with Crippen LogP contribution in [0.1, 0.15) is 40.5 Å². The lowest BCUT2D eigenvalue weighted by molar-refractivity contribution is -0.116. The van der Waals surface area contributed by atoms with Gasteiger partial charge in [-0.15, -0.1) is 0 Å². The van der Waals surface area contributed by atoms with Gasteiger partial charge in [-0.05, 0) is 46.2 Å². The van der Waals surface area contributed by atoms with E-state index >= 15 is 0 Å². The summed E-state index contributed by atoms with van der Waals surface area (Å²) in [4.78, 5) is 16.2. The zero-order chi connectivity index (χ0) is 17.1. The van der Waals surface area contributed by atoms with Crippen molar-refractivity contribution < 1.29 is 18.8 Å². The topological polar surface area (TPSA) is 69.7 Å². The standard InChI is InChI=1S/C16H25BN2O4/c1-15(2)16(3,4)23-17(22-15)13-11-12(8-9-18-13)19-14(20)7-6-10-21-5/h8-9,11H,6-7,10H2,1-5H3,(H,18,19,20). The van der Waals surface area contributed by atoms with Gasteiger partial charge in [-0.3, -0.25) is 9.78 Å². The molecule has 1 aliphatic rings. The number of anilines is 1. The molecule has 1 amide bonds. The summed E-state index contributed by atoms with van der Waals surface area (Å²) in [5, 5.41) is 2.86. The van der Waals surface area contributed by atoms with Crippen molar-refractivity contribution in [3.8, 4) is 0 Å². The quantitative estimate of drug-likeness (QED) is 0.639. The van der Waals surface area contributed by atoms with Gasteiger partial charge < -0.3 is 19.4 Å². The van der Waals surface area contributed by atoms with Crippen LogP contribution in [0.25, 0.3) is 0 Å². The molecular formula is C16H25BN2O4. The lowest BCUT2D eigenvalue weighted by Crippen LogP contribution is -2.41. The Morgan fingerprint density at radius 1 is 1.30 bits per heavy atom. The first-order chi connectivity index (χ1) is 10.7. The summed E-state index contributed by atoms with van der Waals surface area (Å²) in [7, 11) is 1.09. The predicted molar refractivity (Wildman–Crippen MR) is 89.7 cm³/mol. The van der Waals surface area contributed by atoms with E-state index in [1.54, 1.807) is 25.4 Å². The number of carbonyl (C=O) groups excluding carboxylic acids is 1. The minimum atomic E-state index is -0.537. The third kappa shape index (κ3) is 4.31. The largest absolute Gasteiger partial charge is 0.514 e. The van der Waals surface area contributed by atoms with Gasteiger partial charge in [-0.1, -0.05) is 0 Å². The Hall–Kier alpha value is -1.44. The van der Waals surface area contributed by atoms with Crippen LogP contribution in [0, 0.1) is 0 Å². The van der Waals surface area contributed by atoms with Gasteiger partial charge >= 0.3 is 7.12 Å². The normalized spacial score (nSPS) is 18.9. The van der Waals surface area contributed by atoms with Crippen molar-refractivity contribution in [2.24, 2.45) is 0 Å². The highest BCUT2D eigenvalue weighted by Gasteiger charge is 2.52. The fraction of sp³-hybridized carbons (Fsp3) is 0.625. The van der Waals surface area contributed by atoms with E-state index in [2.05, 4.69) is 10.3 Å². The van der Waals surface area contributed by atoms with Crippen LogP contribution >= 0.6 is 0 Å². The third-order valence-corrected chi connectivity index (χ3v) is 4.31. The number of nitrogens with one attached hydrogen (secondary N) is 1. The Kier molecular flexibility index (Phi) is 5.44. The zero-order valence-electron chi connectivity index (χ0n) is 14.5. The summed E-state index contributed by atoms with van der Waals surface area (Å²) in [6.45, 7) is 8.55. The molecule has 0 bridgehead atoms. The van der Waals surface area contributed by atoms with E-state index in [0.29, 0.717) is 30.7 Å². The molecule has 7 heteroatoms. The third-order valence-electron chi connectivity index (χ3n) is 4.31. The summed E-state index contributed by atoms with van der Waals surface area (Å²) < 4.78 is 16.9. The van der Waals surface area contributed by atoms with E-state index in [4.69, 9.17) is 14.0 Å². The lowest BCUT2D eigenvalue weighted by atomic mass is 9.84. The molecule has 1 saturated heterocycles. The predicted octanol–water partition coefficient (Wildman–Crippen LogP) is 1.75. The average Bonchev–Trinajstić information content (AvgIpc) is 2.68. The Morgan fingerprint density at radius 2 is 1.96 bits per heavy atom. The first-order valence-corrected chi connectivity index (χ1v) is 7.85. The fourth-order valence-corrected chi connectivity index (χ4v) is 2.22. The Morgan fingerprint density at radius 3 is 2.57 bits per heavy atom. The van der Waals surface area contributed by atoms with Crippen LogP contribution in [-0.2, 0) is 18.8 Å². The highest BCUT2D eigenvalue weighted by atomic mass is 16.7. The Labute approximate surface area is 138 Å². The van der Waals surface area contributed by atoms with Crippen molar-refractivity contribution in [1.29, 1.82) is 0 Å². The van der Waals surface area contributed by atoms with Crippen molar-refractivity contribution in [3.05, 3.63) is 18.3 Å². The molecule has 0 saturated carbocycles. The first-order valence-electron chi connectivity index (χ1n) is 7.85. The van der Waals surface area contributed by atoms with Gasteiger partial charge in [-0.2, -0.15) is 0 Å². The first kappa shape index (κ1) is 17.9. The summed E-state index contributed by atoms with van der Waals surface area (Å²) in [5.41, 5.74) is 0.503. The highest BCUT2D eigenvalue weighted by molar-refractivity contribution is 6.61.